The van der Waals surface area contributed by atoms with Crippen molar-refractivity contribution in [3.63, 3.8) is 0 Å². The van der Waals surface area contributed by atoms with Crippen LogP contribution < -0.4 is 0 Å². The lowest BCUT2D eigenvalue weighted by molar-refractivity contribution is 0.568. The van der Waals surface area contributed by atoms with Gasteiger partial charge >= 0.3 is 0 Å². The van der Waals surface area contributed by atoms with Crippen LogP contribution in [0.15, 0.2) is 28.0 Å². The Kier molecular flexibility index (Phi) is 3.80. The van der Waals surface area contributed by atoms with E-state index < -0.39 is 19.8 Å². The van der Waals surface area contributed by atoms with Gasteiger partial charge in [0.1, 0.15) is 10.7 Å². The van der Waals surface area contributed by atoms with Gasteiger partial charge in [-0.3, -0.25) is 0 Å². The summed E-state index contributed by atoms with van der Waals surface area (Å²) in [6.45, 7) is 1.85. The molecule has 0 atom stereocenters. The van der Waals surface area contributed by atoms with Gasteiger partial charge in [-0.15, -0.1) is 11.8 Å². The summed E-state index contributed by atoms with van der Waals surface area (Å²) in [4.78, 5) is -0.0731. The maximum absolute atomic E-state index is 13.2. The van der Waals surface area contributed by atoms with Crippen molar-refractivity contribution in [3.8, 4) is 0 Å². The smallest absolute Gasteiger partial charge is 0.207 e. The van der Waals surface area contributed by atoms with Crippen molar-refractivity contribution in [3.05, 3.63) is 24.0 Å². The average Bonchev–Trinajstić information content (AvgIpc) is 2.02. The van der Waals surface area contributed by atoms with Crippen molar-refractivity contribution in [1.29, 1.82) is 0 Å². The van der Waals surface area contributed by atoms with Gasteiger partial charge in [0.25, 0.3) is 9.05 Å². The van der Waals surface area contributed by atoms with E-state index in [9.17, 15) is 12.8 Å². The molecule has 1 rings (SSSR count). The zero-order valence-electron chi connectivity index (χ0n) is 7.33. The topological polar surface area (TPSA) is 34.1 Å². The predicted octanol–water partition coefficient (Wildman–Crippen LogP) is 2.87. The van der Waals surface area contributed by atoms with Crippen LogP contribution in [-0.4, -0.2) is 14.2 Å². The minimum Gasteiger partial charge on any atom is -0.207 e. The van der Waals surface area contributed by atoms with Crippen LogP contribution in [-0.2, 0) is 9.05 Å². The fourth-order valence-electron chi connectivity index (χ4n) is 0.995. The molecule has 78 valence electrons. The molecular weight excluding hydrogens is 247 g/mol. The SMILES string of the molecule is CCSc1cccc(F)c1S(=O)(=O)Cl. The molecule has 1 aromatic carbocycles. The van der Waals surface area contributed by atoms with Gasteiger partial charge in [0.15, 0.2) is 0 Å². The van der Waals surface area contributed by atoms with Gasteiger partial charge in [0.2, 0.25) is 0 Å². The highest BCUT2D eigenvalue weighted by molar-refractivity contribution is 8.14. The van der Waals surface area contributed by atoms with E-state index in [4.69, 9.17) is 10.7 Å². The van der Waals surface area contributed by atoms with Crippen LogP contribution in [0.2, 0.25) is 0 Å². The minimum atomic E-state index is -4.01. The van der Waals surface area contributed by atoms with Crippen molar-refractivity contribution in [2.45, 2.75) is 16.7 Å². The number of hydrogen-bond donors (Lipinski definition) is 0. The second-order valence-corrected chi connectivity index (χ2v) is 6.25. The molecule has 14 heavy (non-hydrogen) atoms. The van der Waals surface area contributed by atoms with Gasteiger partial charge in [-0.25, -0.2) is 12.8 Å². The summed E-state index contributed by atoms with van der Waals surface area (Å²) in [5.41, 5.74) is 0. The third-order valence-electron chi connectivity index (χ3n) is 1.47. The summed E-state index contributed by atoms with van der Waals surface area (Å²) in [5.74, 6) is -0.151. The van der Waals surface area contributed by atoms with E-state index in [-0.39, 0.29) is 0 Å². The summed E-state index contributed by atoms with van der Waals surface area (Å²) >= 11 is 1.24. The first kappa shape index (κ1) is 11.8. The summed E-state index contributed by atoms with van der Waals surface area (Å²) in [6, 6.07) is 4.07. The Morgan fingerprint density at radius 3 is 2.64 bits per heavy atom. The maximum atomic E-state index is 13.2. The zero-order valence-corrected chi connectivity index (χ0v) is 9.72. The number of halogens is 2. The van der Waals surface area contributed by atoms with E-state index in [2.05, 4.69) is 0 Å². The molecule has 0 saturated carbocycles. The van der Waals surface area contributed by atoms with E-state index in [1.807, 2.05) is 6.92 Å². The zero-order chi connectivity index (χ0) is 10.8. The predicted molar refractivity (Wildman–Crippen MR) is 55.8 cm³/mol. The molecule has 0 saturated heterocycles. The molecule has 0 unspecified atom stereocenters. The van der Waals surface area contributed by atoms with Crippen LogP contribution in [0.25, 0.3) is 0 Å². The van der Waals surface area contributed by atoms with Gasteiger partial charge < -0.3 is 0 Å². The normalized spacial score (nSPS) is 11.6. The number of benzene rings is 1. The van der Waals surface area contributed by atoms with Gasteiger partial charge in [-0.2, -0.15) is 0 Å². The Morgan fingerprint density at radius 1 is 1.50 bits per heavy atom. The number of rotatable bonds is 3. The Balaban J connectivity index is 3.37. The molecule has 2 nitrogen and oxygen atoms in total. The largest absolute Gasteiger partial charge is 0.265 e. The van der Waals surface area contributed by atoms with Crippen LogP contribution in [0, 0.1) is 5.82 Å². The van der Waals surface area contributed by atoms with Gasteiger partial charge in [-0.1, -0.05) is 13.0 Å². The fraction of sp³-hybridized carbons (Fsp3) is 0.250. The molecule has 0 aromatic heterocycles. The van der Waals surface area contributed by atoms with Gasteiger partial charge in [0, 0.05) is 15.6 Å². The standard InChI is InChI=1S/C8H8ClFO2S2/c1-2-13-7-5-3-4-6(10)8(7)14(9,11)12/h3-5H,2H2,1H3. The third-order valence-corrected chi connectivity index (χ3v) is 3.91. The van der Waals surface area contributed by atoms with E-state index in [1.165, 1.54) is 23.9 Å². The first-order chi connectivity index (χ1) is 6.46. The van der Waals surface area contributed by atoms with Crippen LogP contribution in [0.1, 0.15) is 6.92 Å². The summed E-state index contributed by atoms with van der Waals surface area (Å²) < 4.78 is 35.3. The number of thioether (sulfide) groups is 1. The first-order valence-corrected chi connectivity index (χ1v) is 7.12. The van der Waals surface area contributed by atoms with Crippen LogP contribution in [0.3, 0.4) is 0 Å². The van der Waals surface area contributed by atoms with Crippen molar-refractivity contribution < 1.29 is 12.8 Å². The molecule has 0 bridgehead atoms. The van der Waals surface area contributed by atoms with Gasteiger partial charge in [0.05, 0.1) is 0 Å². The third kappa shape index (κ3) is 2.62. The molecule has 0 N–H and O–H groups in total. The molecule has 0 radical (unpaired) electrons. The van der Waals surface area contributed by atoms with E-state index in [1.54, 1.807) is 0 Å². The molecular formula is C8H8ClFO2S2. The lowest BCUT2D eigenvalue weighted by Gasteiger charge is -2.05. The Bertz CT molecular complexity index is 431. The summed E-state index contributed by atoms with van der Waals surface area (Å²) in [5, 5.41) is 0. The van der Waals surface area contributed by atoms with E-state index in [0.717, 1.165) is 6.07 Å². The lowest BCUT2D eigenvalue weighted by atomic mass is 10.3. The van der Waals surface area contributed by atoms with Crippen LogP contribution in [0.4, 0.5) is 4.39 Å². The first-order valence-electron chi connectivity index (χ1n) is 3.82. The molecule has 0 spiro atoms. The Labute approximate surface area is 90.9 Å². The lowest BCUT2D eigenvalue weighted by Crippen LogP contribution is -1.98. The fourth-order valence-corrected chi connectivity index (χ4v) is 3.43. The summed E-state index contributed by atoms with van der Waals surface area (Å²) in [7, 11) is 1.11. The Morgan fingerprint density at radius 2 is 2.14 bits per heavy atom. The molecule has 1 aromatic rings. The highest BCUT2D eigenvalue weighted by Gasteiger charge is 2.20. The van der Waals surface area contributed by atoms with E-state index in [0.29, 0.717) is 10.6 Å². The van der Waals surface area contributed by atoms with Crippen LogP contribution in [0.5, 0.6) is 0 Å². The quantitative estimate of drug-likeness (QED) is 0.614. The average molecular weight is 255 g/mol. The second-order valence-electron chi connectivity index (χ2n) is 2.44. The molecule has 0 aliphatic rings. The maximum Gasteiger partial charge on any atom is 0.265 e. The van der Waals surface area contributed by atoms with Gasteiger partial charge in [-0.05, 0) is 17.9 Å². The molecule has 0 aliphatic carbocycles. The molecule has 0 fully saturated rings. The summed E-state index contributed by atoms with van der Waals surface area (Å²) in [6.07, 6.45) is 0. The molecule has 6 heteroatoms. The molecule has 0 aliphatic heterocycles. The second kappa shape index (κ2) is 4.51. The van der Waals surface area contributed by atoms with E-state index >= 15 is 0 Å². The van der Waals surface area contributed by atoms with Crippen molar-refractivity contribution in [2.75, 3.05) is 5.75 Å². The van der Waals surface area contributed by atoms with Crippen LogP contribution >= 0.6 is 22.4 Å². The monoisotopic (exact) mass is 254 g/mol. The molecule has 0 heterocycles. The van der Waals surface area contributed by atoms with Crippen molar-refractivity contribution in [1.82, 2.24) is 0 Å². The minimum absolute atomic E-state index is 0.350. The highest BCUT2D eigenvalue weighted by atomic mass is 35.7. The van der Waals surface area contributed by atoms with Crippen molar-refractivity contribution >= 4 is 31.5 Å². The van der Waals surface area contributed by atoms with Crippen molar-refractivity contribution in [2.24, 2.45) is 0 Å². The number of hydrogen-bond acceptors (Lipinski definition) is 3. The molecule has 0 amide bonds. The highest BCUT2D eigenvalue weighted by Crippen LogP contribution is 2.30. The Hall–Kier alpha value is -0.260.